The van der Waals surface area contributed by atoms with Crippen molar-refractivity contribution in [2.24, 2.45) is 0 Å². The topological polar surface area (TPSA) is 76.4 Å². The third-order valence-corrected chi connectivity index (χ3v) is 7.77. The number of fused-ring (bicyclic) bond motifs is 1. The van der Waals surface area contributed by atoms with Gasteiger partial charge in [-0.15, -0.1) is 27.8 Å². The first-order chi connectivity index (χ1) is 12.9. The Balaban J connectivity index is 1.50. The molecule has 1 N–H and O–H groups in total. The summed E-state index contributed by atoms with van der Waals surface area (Å²) >= 11 is 8.20. The Hall–Kier alpha value is -1.85. The van der Waals surface area contributed by atoms with Crippen LogP contribution in [-0.4, -0.2) is 29.6 Å². The number of benzene rings is 1. The van der Waals surface area contributed by atoms with Gasteiger partial charge in [0.25, 0.3) is 0 Å². The summed E-state index contributed by atoms with van der Waals surface area (Å²) in [5.74, 6) is 0.0744. The van der Waals surface area contributed by atoms with E-state index in [0.29, 0.717) is 27.1 Å². The highest BCUT2D eigenvalue weighted by Crippen LogP contribution is 2.25. The van der Waals surface area contributed by atoms with Gasteiger partial charge in [0.15, 0.2) is 5.82 Å². The first-order valence-corrected chi connectivity index (χ1v) is 11.3. The van der Waals surface area contributed by atoms with Gasteiger partial charge in [0.2, 0.25) is 15.0 Å². The molecule has 1 aromatic carbocycles. The Kier molecular flexibility index (Phi) is 4.99. The van der Waals surface area contributed by atoms with E-state index >= 15 is 0 Å². The molecule has 0 radical (unpaired) electrons. The van der Waals surface area contributed by atoms with Gasteiger partial charge in [0.05, 0.1) is 10.0 Å². The highest BCUT2D eigenvalue weighted by Gasteiger charge is 2.17. The number of rotatable bonds is 6. The van der Waals surface area contributed by atoms with E-state index in [1.54, 1.807) is 22.7 Å². The fourth-order valence-electron chi connectivity index (χ4n) is 2.47. The van der Waals surface area contributed by atoms with Gasteiger partial charge in [0.1, 0.15) is 10.0 Å². The summed E-state index contributed by atoms with van der Waals surface area (Å²) in [6.45, 7) is 0.207. The molecule has 11 heteroatoms. The maximum Gasteiger partial charge on any atom is 0.250 e. The molecule has 3 heterocycles. The van der Waals surface area contributed by atoms with Gasteiger partial charge >= 0.3 is 0 Å². The lowest BCUT2D eigenvalue weighted by molar-refractivity contribution is 0.583. The smallest absolute Gasteiger partial charge is 0.210 e. The van der Waals surface area contributed by atoms with Crippen molar-refractivity contribution in [3.63, 3.8) is 0 Å². The van der Waals surface area contributed by atoms with Crippen molar-refractivity contribution in [1.82, 2.24) is 19.3 Å². The van der Waals surface area contributed by atoms with Crippen molar-refractivity contribution in [1.29, 1.82) is 0 Å². The van der Waals surface area contributed by atoms with Crippen LogP contribution >= 0.6 is 34.3 Å². The number of nitrogens with one attached hydrogen (secondary N) is 1. The van der Waals surface area contributed by atoms with Crippen LogP contribution in [0.25, 0.3) is 16.3 Å². The van der Waals surface area contributed by atoms with Crippen LogP contribution in [0.2, 0.25) is 4.34 Å². The second kappa shape index (κ2) is 7.28. The molecule has 0 aliphatic heterocycles. The highest BCUT2D eigenvalue weighted by molar-refractivity contribution is 7.91. The number of thiazole rings is 1. The maximum absolute atomic E-state index is 13.4. The molecule has 0 saturated carbocycles. The third-order valence-electron chi connectivity index (χ3n) is 3.72. The van der Waals surface area contributed by atoms with Crippen LogP contribution in [0.3, 0.4) is 0 Å². The van der Waals surface area contributed by atoms with Crippen LogP contribution in [-0.2, 0) is 16.4 Å². The Morgan fingerprint density at radius 2 is 2.11 bits per heavy atom. The molecule has 0 unspecified atom stereocenters. The molecule has 0 amide bonds. The zero-order chi connectivity index (χ0) is 19.0. The van der Waals surface area contributed by atoms with E-state index in [1.165, 1.54) is 29.5 Å². The molecule has 6 nitrogen and oxygen atoms in total. The number of sulfonamides is 1. The maximum atomic E-state index is 13.4. The normalized spacial score (nSPS) is 12.1. The Morgan fingerprint density at radius 1 is 1.26 bits per heavy atom. The SMILES string of the molecule is O=S(=O)(NCCc1csc2nc(-c3cccc(F)c3)nn12)c1ccc(Cl)s1. The zero-order valence-electron chi connectivity index (χ0n) is 13.6. The fourth-order valence-corrected chi connectivity index (χ4v) is 5.89. The Morgan fingerprint density at radius 3 is 2.85 bits per heavy atom. The number of nitrogens with zero attached hydrogens (tertiary/aromatic N) is 3. The van der Waals surface area contributed by atoms with E-state index in [4.69, 9.17) is 11.6 Å². The van der Waals surface area contributed by atoms with Crippen LogP contribution < -0.4 is 4.72 Å². The molecule has 0 atom stereocenters. The summed E-state index contributed by atoms with van der Waals surface area (Å²) < 4.78 is 42.7. The summed E-state index contributed by atoms with van der Waals surface area (Å²) in [7, 11) is -3.59. The summed E-state index contributed by atoms with van der Waals surface area (Å²) in [5, 5.41) is 6.29. The average Bonchev–Trinajstić information content (AvgIpc) is 3.31. The van der Waals surface area contributed by atoms with Crippen molar-refractivity contribution in [2.45, 2.75) is 10.6 Å². The molecular formula is C16H12ClFN4O2S3. The van der Waals surface area contributed by atoms with E-state index < -0.39 is 10.0 Å². The van der Waals surface area contributed by atoms with E-state index in [0.717, 1.165) is 17.0 Å². The second-order valence-electron chi connectivity index (χ2n) is 5.57. The lowest BCUT2D eigenvalue weighted by Crippen LogP contribution is -2.25. The van der Waals surface area contributed by atoms with Crippen LogP contribution in [0.15, 0.2) is 46.0 Å². The van der Waals surface area contributed by atoms with Crippen molar-refractivity contribution in [3.8, 4) is 11.4 Å². The fraction of sp³-hybridized carbons (Fsp3) is 0.125. The van der Waals surface area contributed by atoms with Gasteiger partial charge in [-0.2, -0.15) is 4.98 Å². The molecule has 0 bridgehead atoms. The van der Waals surface area contributed by atoms with Crippen LogP contribution in [0.5, 0.6) is 0 Å². The monoisotopic (exact) mass is 442 g/mol. The van der Waals surface area contributed by atoms with Crippen molar-refractivity contribution in [2.75, 3.05) is 6.54 Å². The second-order valence-corrected chi connectivity index (χ2v) is 10.1. The van der Waals surface area contributed by atoms with E-state index in [-0.39, 0.29) is 16.6 Å². The molecule has 0 spiro atoms. The van der Waals surface area contributed by atoms with E-state index in [1.807, 2.05) is 5.38 Å². The summed E-state index contributed by atoms with van der Waals surface area (Å²) in [6, 6.07) is 9.10. The molecule has 3 aromatic heterocycles. The third kappa shape index (κ3) is 3.90. The molecule has 0 fully saturated rings. The molecule has 4 aromatic rings. The van der Waals surface area contributed by atoms with Crippen LogP contribution in [0.4, 0.5) is 4.39 Å². The number of hydrogen-bond donors (Lipinski definition) is 1. The molecule has 27 heavy (non-hydrogen) atoms. The van der Waals surface area contributed by atoms with Crippen molar-refractivity contribution in [3.05, 3.63) is 57.6 Å². The first-order valence-electron chi connectivity index (χ1n) is 7.76. The molecule has 4 rings (SSSR count). The van der Waals surface area contributed by atoms with E-state index in [2.05, 4.69) is 14.8 Å². The first kappa shape index (κ1) is 18.5. The number of hydrogen-bond acceptors (Lipinski definition) is 6. The predicted molar refractivity (Wildman–Crippen MR) is 104 cm³/mol. The van der Waals surface area contributed by atoms with Crippen molar-refractivity contribution >= 4 is 49.3 Å². The van der Waals surface area contributed by atoms with Gasteiger partial charge in [-0.25, -0.2) is 22.0 Å². The van der Waals surface area contributed by atoms with Crippen LogP contribution in [0, 0.1) is 5.82 Å². The number of aromatic nitrogens is 3. The zero-order valence-corrected chi connectivity index (χ0v) is 16.8. The quantitative estimate of drug-likeness (QED) is 0.492. The van der Waals surface area contributed by atoms with Crippen LogP contribution in [0.1, 0.15) is 5.69 Å². The lowest BCUT2D eigenvalue weighted by atomic mass is 10.2. The molecule has 0 aliphatic carbocycles. The molecule has 0 aliphatic rings. The van der Waals surface area contributed by atoms with Gasteiger partial charge in [-0.1, -0.05) is 23.7 Å². The largest absolute Gasteiger partial charge is 0.250 e. The Labute approximate surface area is 167 Å². The van der Waals surface area contributed by atoms with Gasteiger partial charge in [-0.3, -0.25) is 0 Å². The predicted octanol–water partition coefficient (Wildman–Crippen LogP) is 3.83. The number of halogens is 2. The van der Waals surface area contributed by atoms with Gasteiger partial charge in [0, 0.05) is 23.9 Å². The minimum Gasteiger partial charge on any atom is -0.210 e. The lowest BCUT2D eigenvalue weighted by Gasteiger charge is -2.03. The number of thiophene rings is 1. The molecular weight excluding hydrogens is 431 g/mol. The molecule has 0 saturated heterocycles. The van der Waals surface area contributed by atoms with Gasteiger partial charge < -0.3 is 0 Å². The Bertz CT molecular complexity index is 1220. The summed E-state index contributed by atoms with van der Waals surface area (Å²) in [5.41, 5.74) is 1.41. The molecule has 140 valence electrons. The average molecular weight is 443 g/mol. The van der Waals surface area contributed by atoms with Gasteiger partial charge in [-0.05, 0) is 24.3 Å². The minimum absolute atomic E-state index is 0.178. The summed E-state index contributed by atoms with van der Waals surface area (Å²) in [6.07, 6.45) is 0.435. The highest BCUT2D eigenvalue weighted by atomic mass is 35.5. The summed E-state index contributed by atoms with van der Waals surface area (Å²) in [4.78, 5) is 5.07. The van der Waals surface area contributed by atoms with Crippen molar-refractivity contribution < 1.29 is 12.8 Å². The van der Waals surface area contributed by atoms with E-state index in [9.17, 15) is 12.8 Å². The minimum atomic E-state index is -3.59. The standard InChI is InChI=1S/C16H12ClFN4O2S3/c17-13-4-5-14(26-13)27(23,24)19-7-6-12-9-25-16-20-15(21-22(12)16)10-2-1-3-11(18)8-10/h1-5,8-9,19H,6-7H2.